The van der Waals surface area contributed by atoms with Gasteiger partial charge >= 0.3 is 11.9 Å². The number of piperidine rings is 1. The average Bonchev–Trinajstić information content (AvgIpc) is 2.35. The number of esters is 1. The molecule has 3 unspecified atom stereocenters. The molecule has 0 saturated carbocycles. The fourth-order valence-corrected chi connectivity index (χ4v) is 2.90. The van der Waals surface area contributed by atoms with E-state index in [2.05, 4.69) is 5.32 Å². The Hall–Kier alpha value is -1.14. The van der Waals surface area contributed by atoms with Gasteiger partial charge in [0.15, 0.2) is 0 Å². The number of carboxylic acid groups (broad SMARTS) is 1. The number of hydrogen-bond acceptors (Lipinski definition) is 5. The van der Waals surface area contributed by atoms with Crippen LogP contribution in [-0.2, 0) is 14.3 Å². The van der Waals surface area contributed by atoms with Gasteiger partial charge in [-0.05, 0) is 46.1 Å². The molecule has 0 aliphatic carbocycles. The van der Waals surface area contributed by atoms with Crippen molar-refractivity contribution in [2.75, 3.05) is 6.54 Å². The number of nitrogens with one attached hydrogen (secondary N) is 1. The zero-order valence-corrected chi connectivity index (χ0v) is 14.3. The number of ether oxygens (including phenoxy) is 1. The lowest BCUT2D eigenvalue weighted by Crippen LogP contribution is -2.57. The van der Waals surface area contributed by atoms with E-state index in [0.29, 0.717) is 6.42 Å². The molecular weight excluding hydrogens is 284 g/mol. The van der Waals surface area contributed by atoms with Crippen LogP contribution >= 0.6 is 0 Å². The summed E-state index contributed by atoms with van der Waals surface area (Å²) in [7, 11) is 0. The van der Waals surface area contributed by atoms with Crippen LogP contribution in [0.4, 0.5) is 0 Å². The molecule has 1 rings (SSSR count). The van der Waals surface area contributed by atoms with E-state index in [-0.39, 0.29) is 17.9 Å². The van der Waals surface area contributed by atoms with Crippen LogP contribution in [0.15, 0.2) is 0 Å². The molecule has 0 spiro atoms. The number of carbonyl (C=O) groups is 2. The number of carboxylic acids is 1. The van der Waals surface area contributed by atoms with Gasteiger partial charge in [-0.25, -0.2) is 0 Å². The predicted octanol–water partition coefficient (Wildman–Crippen LogP) is 1.52. The van der Waals surface area contributed by atoms with Gasteiger partial charge in [0.1, 0.15) is 11.6 Å². The molecule has 0 radical (unpaired) electrons. The molecule has 6 heteroatoms. The number of nitrogens with two attached hydrogens (primary N) is 1. The maximum absolute atomic E-state index is 12.0. The van der Waals surface area contributed by atoms with Gasteiger partial charge in [-0.3, -0.25) is 9.59 Å². The zero-order chi connectivity index (χ0) is 17.1. The van der Waals surface area contributed by atoms with Crippen LogP contribution in [0.1, 0.15) is 53.9 Å². The summed E-state index contributed by atoms with van der Waals surface area (Å²) in [5.74, 6) is -0.999. The molecule has 6 nitrogen and oxygen atoms in total. The first-order valence-corrected chi connectivity index (χ1v) is 7.87. The Morgan fingerprint density at radius 2 is 1.91 bits per heavy atom. The summed E-state index contributed by atoms with van der Waals surface area (Å²) < 4.78 is 5.37. The van der Waals surface area contributed by atoms with E-state index >= 15 is 0 Å². The Morgan fingerprint density at radius 1 is 1.32 bits per heavy atom. The Bertz CT molecular complexity index is 415. The Kier molecular flexibility index (Phi) is 5.98. The number of aliphatic carboxylic acids is 1. The van der Waals surface area contributed by atoms with Crippen LogP contribution in [0.25, 0.3) is 0 Å². The van der Waals surface area contributed by atoms with Gasteiger partial charge in [0.05, 0.1) is 0 Å². The quantitative estimate of drug-likeness (QED) is 0.665. The fourth-order valence-electron chi connectivity index (χ4n) is 2.90. The minimum absolute atomic E-state index is 0.0280. The first kappa shape index (κ1) is 18.9. The van der Waals surface area contributed by atoms with Crippen molar-refractivity contribution >= 4 is 11.9 Å². The average molecular weight is 314 g/mol. The molecule has 0 amide bonds. The van der Waals surface area contributed by atoms with E-state index in [1.165, 1.54) is 0 Å². The summed E-state index contributed by atoms with van der Waals surface area (Å²) >= 11 is 0. The van der Waals surface area contributed by atoms with Crippen LogP contribution in [-0.4, -0.2) is 41.3 Å². The molecule has 0 bridgehead atoms. The van der Waals surface area contributed by atoms with Gasteiger partial charge in [-0.15, -0.1) is 0 Å². The highest BCUT2D eigenvalue weighted by Crippen LogP contribution is 2.33. The van der Waals surface area contributed by atoms with Crippen molar-refractivity contribution in [3.63, 3.8) is 0 Å². The first-order valence-electron chi connectivity index (χ1n) is 7.87. The summed E-state index contributed by atoms with van der Waals surface area (Å²) in [4.78, 5) is 23.1. The molecule has 128 valence electrons. The van der Waals surface area contributed by atoms with E-state index in [9.17, 15) is 9.59 Å². The van der Waals surface area contributed by atoms with Crippen molar-refractivity contribution in [2.45, 2.75) is 71.6 Å². The third-order valence-electron chi connectivity index (χ3n) is 4.35. The molecule has 0 aromatic carbocycles. The largest absolute Gasteiger partial charge is 0.480 e. The van der Waals surface area contributed by atoms with E-state index < -0.39 is 23.0 Å². The second kappa shape index (κ2) is 6.96. The maximum atomic E-state index is 12.0. The van der Waals surface area contributed by atoms with Crippen molar-refractivity contribution in [1.29, 1.82) is 0 Å². The van der Waals surface area contributed by atoms with Gasteiger partial charge in [0, 0.05) is 17.9 Å². The smallest absolute Gasteiger partial charge is 0.321 e. The van der Waals surface area contributed by atoms with Crippen molar-refractivity contribution in [3.05, 3.63) is 0 Å². The third-order valence-corrected chi connectivity index (χ3v) is 4.35. The second-order valence-corrected chi connectivity index (χ2v) is 7.82. The summed E-state index contributed by atoms with van der Waals surface area (Å²) in [6, 6.07) is -0.968. The number of carbonyl (C=O) groups excluding carboxylic acids is 1. The SMILES string of the molecule is CC(C)(C)OC(=O)CC1CCNC(C(C)(C)C(N)C(=O)O)C1. The minimum Gasteiger partial charge on any atom is -0.480 e. The van der Waals surface area contributed by atoms with E-state index in [4.69, 9.17) is 15.6 Å². The molecular formula is C16H30N2O4. The van der Waals surface area contributed by atoms with Gasteiger partial charge in [0.2, 0.25) is 0 Å². The molecule has 3 atom stereocenters. The lowest BCUT2D eigenvalue weighted by atomic mass is 9.72. The number of hydrogen-bond donors (Lipinski definition) is 3. The van der Waals surface area contributed by atoms with Crippen LogP contribution in [0.2, 0.25) is 0 Å². The van der Waals surface area contributed by atoms with Crippen molar-refractivity contribution in [2.24, 2.45) is 17.1 Å². The summed E-state index contributed by atoms with van der Waals surface area (Å²) in [6.45, 7) is 10.0. The summed E-state index contributed by atoms with van der Waals surface area (Å²) in [6.07, 6.45) is 1.98. The van der Waals surface area contributed by atoms with E-state index in [1.807, 2.05) is 34.6 Å². The molecule has 22 heavy (non-hydrogen) atoms. The topological polar surface area (TPSA) is 102 Å². The molecule has 1 fully saturated rings. The van der Waals surface area contributed by atoms with Crippen LogP contribution in [0, 0.1) is 11.3 Å². The van der Waals surface area contributed by atoms with Crippen molar-refractivity contribution in [1.82, 2.24) is 5.32 Å². The normalized spacial score (nSPS) is 24.6. The standard InChI is InChI=1S/C16H30N2O4/c1-15(2,3)22-12(19)9-10-6-7-18-11(8-10)16(4,5)13(17)14(20)21/h10-11,13,18H,6-9,17H2,1-5H3,(H,20,21). The third kappa shape index (κ3) is 5.25. The lowest BCUT2D eigenvalue weighted by Gasteiger charge is -2.42. The van der Waals surface area contributed by atoms with Crippen molar-refractivity contribution < 1.29 is 19.4 Å². The van der Waals surface area contributed by atoms with Gasteiger partial charge in [-0.1, -0.05) is 13.8 Å². The first-order chi connectivity index (χ1) is 9.93. The van der Waals surface area contributed by atoms with Gasteiger partial charge in [0.25, 0.3) is 0 Å². The summed E-state index contributed by atoms with van der Waals surface area (Å²) in [5.41, 5.74) is 4.76. The Balaban J connectivity index is 2.65. The van der Waals surface area contributed by atoms with Gasteiger partial charge in [-0.2, -0.15) is 0 Å². The molecule has 0 aromatic rings. The molecule has 0 aromatic heterocycles. The Morgan fingerprint density at radius 3 is 2.41 bits per heavy atom. The minimum atomic E-state index is -0.999. The highest BCUT2D eigenvalue weighted by Gasteiger charge is 2.41. The molecule has 1 heterocycles. The second-order valence-electron chi connectivity index (χ2n) is 7.82. The van der Waals surface area contributed by atoms with Gasteiger partial charge < -0.3 is 20.9 Å². The highest BCUT2D eigenvalue weighted by atomic mass is 16.6. The molecule has 1 aliphatic rings. The summed E-state index contributed by atoms with van der Waals surface area (Å²) in [5, 5.41) is 12.5. The fraction of sp³-hybridized carbons (Fsp3) is 0.875. The molecule has 1 saturated heterocycles. The zero-order valence-electron chi connectivity index (χ0n) is 14.3. The van der Waals surface area contributed by atoms with Crippen LogP contribution < -0.4 is 11.1 Å². The van der Waals surface area contributed by atoms with Crippen LogP contribution in [0.3, 0.4) is 0 Å². The Labute approximate surface area is 132 Å². The monoisotopic (exact) mass is 314 g/mol. The van der Waals surface area contributed by atoms with E-state index in [0.717, 1.165) is 19.4 Å². The molecule has 4 N–H and O–H groups in total. The highest BCUT2D eigenvalue weighted by molar-refractivity contribution is 5.74. The predicted molar refractivity (Wildman–Crippen MR) is 84.4 cm³/mol. The maximum Gasteiger partial charge on any atom is 0.321 e. The molecule has 1 aliphatic heterocycles. The number of rotatable bonds is 5. The van der Waals surface area contributed by atoms with Crippen LogP contribution in [0.5, 0.6) is 0 Å². The van der Waals surface area contributed by atoms with E-state index in [1.54, 1.807) is 0 Å². The van der Waals surface area contributed by atoms with Crippen molar-refractivity contribution in [3.8, 4) is 0 Å². The lowest BCUT2D eigenvalue weighted by molar-refractivity contribution is -0.156.